The van der Waals surface area contributed by atoms with Crippen LogP contribution in [0.2, 0.25) is 0 Å². The van der Waals surface area contributed by atoms with Crippen LogP contribution in [0.1, 0.15) is 6.92 Å². The smallest absolute Gasteiger partial charge is 0.0655 e. The highest BCUT2D eigenvalue weighted by Gasteiger charge is 1.97. The molecule has 1 rings (SSSR count). The summed E-state index contributed by atoms with van der Waals surface area (Å²) >= 11 is 4.04. The number of rotatable bonds is 2. The Bertz CT molecular complexity index is 208. The normalized spacial score (nSPS) is 23.1. The molecule has 1 aliphatic rings. The number of hydrogen-bond donors (Lipinski definition) is 1. The van der Waals surface area contributed by atoms with Gasteiger partial charge in [-0.15, -0.1) is 0 Å². The summed E-state index contributed by atoms with van der Waals surface area (Å²) in [5.74, 6) is 0. The number of hydrogen-bond acceptors (Lipinski definition) is 4. The summed E-state index contributed by atoms with van der Waals surface area (Å²) in [7, 11) is 3.05. The van der Waals surface area contributed by atoms with Crippen molar-refractivity contribution in [2.45, 2.75) is 13.0 Å². The summed E-state index contributed by atoms with van der Waals surface area (Å²) in [4.78, 5) is 5.42. The second kappa shape index (κ2) is 4.95. The van der Waals surface area contributed by atoms with E-state index in [2.05, 4.69) is 29.7 Å². The largest absolute Gasteiger partial charge is 0.285 e. The first kappa shape index (κ1) is 9.29. The van der Waals surface area contributed by atoms with Gasteiger partial charge in [0.05, 0.1) is 6.04 Å². The maximum Gasteiger partial charge on any atom is 0.0655 e. The van der Waals surface area contributed by atoms with Crippen LogP contribution in [0.25, 0.3) is 0 Å². The summed E-state index contributed by atoms with van der Waals surface area (Å²) in [6, 6.07) is 0.300. The summed E-state index contributed by atoms with van der Waals surface area (Å²) in [5.41, 5.74) is 0. The molecule has 1 aliphatic heterocycles. The van der Waals surface area contributed by atoms with E-state index in [0.717, 1.165) is 4.91 Å². The molecular weight excluding hydrogens is 194 g/mol. The second-order valence-electron chi connectivity index (χ2n) is 2.13. The topological polar surface area (TPSA) is 12.4 Å². The van der Waals surface area contributed by atoms with E-state index in [4.69, 9.17) is 0 Å². The number of aliphatic imine (C=N–C) groups is 1. The molecule has 0 aliphatic carbocycles. The highest BCUT2D eigenvalue weighted by Crippen LogP contribution is 2.32. The zero-order valence-electron chi connectivity index (χ0n) is 6.10. The van der Waals surface area contributed by atoms with Crippen molar-refractivity contribution < 1.29 is 0 Å². The minimum atomic E-state index is 0.300. The van der Waals surface area contributed by atoms with Crippen molar-refractivity contribution in [3.8, 4) is 0 Å². The fourth-order valence-electron chi connectivity index (χ4n) is 0.687. The summed E-state index contributed by atoms with van der Waals surface area (Å²) in [5, 5.41) is 0. The highest BCUT2D eigenvalue weighted by atomic mass is 33.5. The molecule has 0 saturated heterocycles. The van der Waals surface area contributed by atoms with Gasteiger partial charge in [0.2, 0.25) is 0 Å². The number of thiol groups is 1. The van der Waals surface area contributed by atoms with Crippen molar-refractivity contribution in [1.29, 1.82) is 0 Å². The second-order valence-corrected chi connectivity index (χ2v) is 5.21. The fourth-order valence-corrected chi connectivity index (χ4v) is 2.34. The van der Waals surface area contributed by atoms with E-state index in [0.29, 0.717) is 6.04 Å². The molecule has 0 fully saturated rings. The van der Waals surface area contributed by atoms with Crippen molar-refractivity contribution in [1.82, 2.24) is 0 Å². The third kappa shape index (κ3) is 3.40. The van der Waals surface area contributed by atoms with Crippen molar-refractivity contribution in [2.75, 3.05) is 0 Å². The molecule has 0 aromatic heterocycles. The number of nitrogens with zero attached hydrogens (tertiary/aromatic N) is 1. The van der Waals surface area contributed by atoms with Crippen LogP contribution in [-0.4, -0.2) is 12.3 Å². The predicted octanol–water partition coefficient (Wildman–Crippen LogP) is 3.13. The van der Waals surface area contributed by atoms with Gasteiger partial charge in [-0.05, 0) is 33.6 Å². The van der Waals surface area contributed by atoms with Gasteiger partial charge in [-0.2, -0.15) is 0 Å². The molecule has 11 heavy (non-hydrogen) atoms. The van der Waals surface area contributed by atoms with Crippen molar-refractivity contribution in [3.05, 3.63) is 23.1 Å². The Morgan fingerprint density at radius 1 is 1.64 bits per heavy atom. The Labute approximate surface area is 79.6 Å². The quantitative estimate of drug-likeness (QED) is 0.547. The lowest BCUT2D eigenvalue weighted by atomic mass is 10.3. The molecule has 0 amide bonds. The van der Waals surface area contributed by atoms with Crippen molar-refractivity contribution in [2.24, 2.45) is 4.99 Å². The molecule has 0 aromatic rings. The van der Waals surface area contributed by atoms with E-state index >= 15 is 0 Å². The minimum Gasteiger partial charge on any atom is -0.285 e. The van der Waals surface area contributed by atoms with Gasteiger partial charge >= 0.3 is 0 Å². The monoisotopic (exact) mass is 203 g/mol. The zero-order valence-corrected chi connectivity index (χ0v) is 8.63. The molecule has 0 bridgehead atoms. The van der Waals surface area contributed by atoms with Gasteiger partial charge in [-0.3, -0.25) is 4.99 Å². The average Bonchev–Trinajstić information content (AvgIpc) is 2.17. The van der Waals surface area contributed by atoms with Gasteiger partial charge in [0.25, 0.3) is 0 Å². The van der Waals surface area contributed by atoms with E-state index in [9.17, 15) is 0 Å². The molecule has 0 N–H and O–H groups in total. The molecule has 0 spiro atoms. The van der Waals surface area contributed by atoms with E-state index in [1.54, 1.807) is 10.8 Å². The molecule has 0 saturated carbocycles. The third-order valence-electron chi connectivity index (χ3n) is 1.22. The van der Waals surface area contributed by atoms with Crippen molar-refractivity contribution in [3.63, 3.8) is 0 Å². The molecule has 60 valence electrons. The van der Waals surface area contributed by atoms with Crippen LogP contribution in [0, 0.1) is 0 Å². The third-order valence-corrected chi connectivity index (χ3v) is 3.20. The van der Waals surface area contributed by atoms with E-state index in [1.807, 2.05) is 18.4 Å². The van der Waals surface area contributed by atoms with Gasteiger partial charge in [-0.25, -0.2) is 0 Å². The van der Waals surface area contributed by atoms with Crippen LogP contribution >= 0.6 is 32.3 Å². The van der Waals surface area contributed by atoms with Crippen LogP contribution in [0.4, 0.5) is 0 Å². The Hall–Kier alpha value is 0.200. The molecule has 1 nitrogen and oxygen atoms in total. The van der Waals surface area contributed by atoms with Crippen LogP contribution in [0.3, 0.4) is 0 Å². The fraction of sp³-hybridized carbons (Fsp3) is 0.286. The predicted molar refractivity (Wildman–Crippen MR) is 59.3 cm³/mol. The van der Waals surface area contributed by atoms with E-state index in [1.165, 1.54) is 9.83 Å². The summed E-state index contributed by atoms with van der Waals surface area (Å²) in [6.45, 7) is 2.06. The zero-order chi connectivity index (χ0) is 8.10. The minimum absolute atomic E-state index is 0.300. The SMILES string of the molecule is CC1C=CC=C(SSS)C=N1. The lowest BCUT2D eigenvalue weighted by molar-refractivity contribution is 0.935. The van der Waals surface area contributed by atoms with Crippen LogP contribution in [-0.2, 0) is 0 Å². The van der Waals surface area contributed by atoms with Crippen LogP contribution in [0.5, 0.6) is 0 Å². The summed E-state index contributed by atoms with van der Waals surface area (Å²) < 4.78 is 0. The Morgan fingerprint density at radius 2 is 2.45 bits per heavy atom. The molecule has 1 heterocycles. The maximum atomic E-state index is 4.28. The van der Waals surface area contributed by atoms with Gasteiger partial charge in [0, 0.05) is 11.1 Å². The van der Waals surface area contributed by atoms with Gasteiger partial charge in [-0.1, -0.05) is 23.8 Å². The van der Waals surface area contributed by atoms with Crippen LogP contribution in [0.15, 0.2) is 28.1 Å². The molecule has 4 heteroatoms. The lowest BCUT2D eigenvalue weighted by Gasteiger charge is -1.94. The van der Waals surface area contributed by atoms with E-state index < -0.39 is 0 Å². The Kier molecular flexibility index (Phi) is 4.18. The average molecular weight is 203 g/mol. The van der Waals surface area contributed by atoms with Crippen molar-refractivity contribution >= 4 is 38.5 Å². The molecule has 1 unspecified atom stereocenters. The van der Waals surface area contributed by atoms with Gasteiger partial charge in [0.1, 0.15) is 0 Å². The first-order chi connectivity index (χ1) is 5.33. The first-order valence-electron chi connectivity index (χ1n) is 3.22. The van der Waals surface area contributed by atoms with Gasteiger partial charge in [0.15, 0.2) is 0 Å². The summed E-state index contributed by atoms with van der Waals surface area (Å²) in [6.07, 6.45) is 8.02. The standard InChI is InChI=1S/C7H9NS3/c1-6-3-2-4-7(5-8-6)10-11-9/h2-6,9H,1H3. The first-order valence-corrected chi connectivity index (χ1v) is 6.43. The van der Waals surface area contributed by atoms with Gasteiger partial charge < -0.3 is 0 Å². The Balaban J connectivity index is 2.61. The van der Waals surface area contributed by atoms with E-state index in [-0.39, 0.29) is 0 Å². The molecular formula is C7H9NS3. The number of allylic oxidation sites excluding steroid dienone is 3. The molecule has 0 aromatic carbocycles. The highest BCUT2D eigenvalue weighted by molar-refractivity contribution is 9.06. The Morgan fingerprint density at radius 3 is 3.18 bits per heavy atom. The lowest BCUT2D eigenvalue weighted by Crippen LogP contribution is -1.89. The molecule has 1 atom stereocenters. The molecule has 0 radical (unpaired) electrons. The van der Waals surface area contributed by atoms with Crippen LogP contribution < -0.4 is 0 Å². The maximum absolute atomic E-state index is 4.28.